The Labute approximate surface area is 336 Å². The maximum Gasteiger partial charge on any atom is 0.311 e. The molecule has 0 spiro atoms. The summed E-state index contributed by atoms with van der Waals surface area (Å²) < 4.78 is 44.8. The van der Waals surface area contributed by atoms with Gasteiger partial charge in [-0.15, -0.1) is 0 Å². The maximum atomic E-state index is 14.4. The summed E-state index contributed by atoms with van der Waals surface area (Å²) in [5, 5.41) is 46.7. The van der Waals surface area contributed by atoms with E-state index in [1.807, 2.05) is 74.4 Å². The summed E-state index contributed by atoms with van der Waals surface area (Å²) in [4.78, 5) is 21.5. The van der Waals surface area contributed by atoms with E-state index >= 15 is 0 Å². The number of methoxy groups -OCH3 is 2. The van der Waals surface area contributed by atoms with Crippen LogP contribution in [-0.2, 0) is 38.0 Å². The molecule has 0 saturated carbocycles. The Morgan fingerprint density at radius 1 is 0.875 bits per heavy atom. The van der Waals surface area contributed by atoms with E-state index in [2.05, 4.69) is 0 Å². The zero-order chi connectivity index (χ0) is 42.9. The minimum Gasteiger partial charge on any atom is -0.459 e. The van der Waals surface area contributed by atoms with Crippen LogP contribution >= 0.6 is 0 Å². The molecule has 56 heavy (non-hydrogen) atoms. The first-order valence-electron chi connectivity index (χ1n) is 20.6. The molecule has 0 unspecified atom stereocenters. The zero-order valence-electron chi connectivity index (χ0n) is 37.4. The summed E-state index contributed by atoms with van der Waals surface area (Å²) in [7, 11) is 6.95. The Hall–Kier alpha value is -1.30. The summed E-state index contributed by atoms with van der Waals surface area (Å²) >= 11 is 0. The summed E-state index contributed by atoms with van der Waals surface area (Å²) in [6.07, 6.45) is -7.82. The number of likely N-dealkylation sites (N-methyl/N-ethyl adjacent to an activating group) is 1. The fraction of sp³-hybridized carbons (Fsp3) is 0.952. The van der Waals surface area contributed by atoms with Crippen molar-refractivity contribution < 1.29 is 58.4 Å². The number of rotatable bonds is 8. The highest BCUT2D eigenvalue weighted by Crippen LogP contribution is 2.42. The average molecular weight is 803 g/mol. The SMILES string of the molecule is CC[C@H]1OC(=O)[C@H](C)[C@@H](O[C@H]2C[C@@](C)(OC)[C@@H](O)[C@H](C)O2)[C@H](C)[C@@H](O[C@@H]2O[C@H](C)C[C@H](N(C)C)[C@H]2O)[C@](C)(OC)C[C@@H](C)C(=NC(C)(C)C)[C@H](C)[C@@H](O)[C@]1(C)O. The van der Waals surface area contributed by atoms with E-state index in [4.69, 9.17) is 38.2 Å². The zero-order valence-corrected chi connectivity index (χ0v) is 37.4. The van der Waals surface area contributed by atoms with Crippen LogP contribution in [0.1, 0.15) is 116 Å². The molecular weight excluding hydrogens is 724 g/mol. The summed E-state index contributed by atoms with van der Waals surface area (Å²) in [5.74, 6) is -3.26. The molecule has 3 heterocycles. The Morgan fingerprint density at radius 3 is 1.98 bits per heavy atom. The lowest BCUT2D eigenvalue weighted by molar-refractivity contribution is -0.319. The lowest BCUT2D eigenvalue weighted by atomic mass is 9.73. The van der Waals surface area contributed by atoms with Crippen molar-refractivity contribution in [3.8, 4) is 0 Å². The monoisotopic (exact) mass is 803 g/mol. The van der Waals surface area contributed by atoms with Gasteiger partial charge in [0.2, 0.25) is 0 Å². The maximum absolute atomic E-state index is 14.4. The number of aliphatic hydroxyl groups excluding tert-OH is 3. The lowest BCUT2D eigenvalue weighted by Crippen LogP contribution is -2.61. The summed E-state index contributed by atoms with van der Waals surface area (Å²) in [6.45, 7) is 24.1. The van der Waals surface area contributed by atoms with Gasteiger partial charge in [-0.2, -0.15) is 0 Å². The van der Waals surface area contributed by atoms with Crippen LogP contribution in [0.15, 0.2) is 4.99 Å². The molecule has 18 atom stereocenters. The molecule has 0 aromatic heterocycles. The lowest BCUT2D eigenvalue weighted by Gasteiger charge is -2.50. The van der Waals surface area contributed by atoms with Crippen LogP contribution in [0.25, 0.3) is 0 Å². The molecule has 4 N–H and O–H groups in total. The number of hydrogen-bond donors (Lipinski definition) is 4. The number of carbonyl (C=O) groups is 1. The molecule has 0 aromatic carbocycles. The standard InChI is InChI=1S/C42H78N2O12/c1-18-29-42(13,49)34(46)24(4)31(43-39(8,9)10)22(2)20-41(12,51-17)36(56-38-32(45)28(44(14)15)19-23(3)52-38)25(5)33(26(6)37(48)54-29)55-30-21-40(11,50-16)35(47)27(7)53-30/h22-30,32-36,38,45-47,49H,18-21H2,1-17H3/t22-,23-,24+,25+,26-,27+,28+,29-,30+,32-,33+,34-,35+,36-,38+,40-,41-,42-/m1/s1. The quantitative estimate of drug-likeness (QED) is 0.258. The van der Waals surface area contributed by atoms with Gasteiger partial charge >= 0.3 is 5.97 Å². The number of hydrogen-bond acceptors (Lipinski definition) is 14. The molecular formula is C42H78N2O12. The third-order valence-electron chi connectivity index (χ3n) is 12.8. The van der Waals surface area contributed by atoms with Gasteiger partial charge in [0.25, 0.3) is 0 Å². The van der Waals surface area contributed by atoms with Crippen molar-refractivity contribution in [1.29, 1.82) is 0 Å². The van der Waals surface area contributed by atoms with Gasteiger partial charge in [-0.1, -0.05) is 27.7 Å². The minimum absolute atomic E-state index is 0.152. The van der Waals surface area contributed by atoms with Crippen molar-refractivity contribution in [2.75, 3.05) is 28.3 Å². The fourth-order valence-electron chi connectivity index (χ4n) is 9.19. The number of ether oxygens (including phenoxy) is 7. The van der Waals surface area contributed by atoms with E-state index in [0.717, 1.165) is 0 Å². The van der Waals surface area contributed by atoms with Crippen LogP contribution < -0.4 is 0 Å². The van der Waals surface area contributed by atoms with Crippen LogP contribution in [-0.4, -0.2) is 155 Å². The Kier molecular flexibility index (Phi) is 16.6. The van der Waals surface area contributed by atoms with E-state index < -0.39 is 101 Å². The van der Waals surface area contributed by atoms with Gasteiger partial charge in [-0.25, -0.2) is 0 Å². The summed E-state index contributed by atoms with van der Waals surface area (Å²) in [5.41, 5.74) is -3.87. The molecule has 0 aliphatic carbocycles. The molecule has 0 radical (unpaired) electrons. The molecule has 0 bridgehead atoms. The molecule has 14 heteroatoms. The first-order valence-corrected chi connectivity index (χ1v) is 20.6. The molecule has 14 nitrogen and oxygen atoms in total. The van der Waals surface area contributed by atoms with Gasteiger partial charge < -0.3 is 58.5 Å². The Bertz CT molecular complexity index is 1310. The van der Waals surface area contributed by atoms with Crippen LogP contribution in [0, 0.1) is 23.7 Å². The van der Waals surface area contributed by atoms with Crippen LogP contribution in [0.2, 0.25) is 0 Å². The van der Waals surface area contributed by atoms with Gasteiger partial charge in [0.15, 0.2) is 12.6 Å². The molecule has 3 rings (SSSR count). The number of carbonyl (C=O) groups excluding carboxylic acids is 1. The van der Waals surface area contributed by atoms with E-state index in [-0.39, 0.29) is 30.9 Å². The highest BCUT2D eigenvalue weighted by molar-refractivity contribution is 5.89. The van der Waals surface area contributed by atoms with Crippen LogP contribution in [0.4, 0.5) is 0 Å². The van der Waals surface area contributed by atoms with Crippen molar-refractivity contribution in [3.63, 3.8) is 0 Å². The van der Waals surface area contributed by atoms with Gasteiger partial charge in [-0.05, 0) is 102 Å². The average Bonchev–Trinajstić information content (AvgIpc) is 3.11. The van der Waals surface area contributed by atoms with Crippen molar-refractivity contribution in [1.82, 2.24) is 4.90 Å². The number of aliphatic hydroxyl groups is 4. The van der Waals surface area contributed by atoms with Crippen molar-refractivity contribution >= 4 is 11.7 Å². The number of esters is 1. The van der Waals surface area contributed by atoms with Crippen molar-refractivity contribution in [2.24, 2.45) is 28.7 Å². The second-order valence-electron chi connectivity index (χ2n) is 18.9. The predicted octanol–water partition coefficient (Wildman–Crippen LogP) is 4.11. The number of nitrogens with zero attached hydrogens (tertiary/aromatic N) is 2. The first kappa shape index (κ1) is 49.1. The van der Waals surface area contributed by atoms with Gasteiger partial charge in [0.05, 0.1) is 53.2 Å². The van der Waals surface area contributed by atoms with Crippen molar-refractivity contribution in [2.45, 2.75) is 205 Å². The molecule has 3 aliphatic rings. The van der Waals surface area contributed by atoms with E-state index in [1.165, 1.54) is 14.0 Å². The third kappa shape index (κ3) is 10.9. The van der Waals surface area contributed by atoms with Crippen molar-refractivity contribution in [3.05, 3.63) is 0 Å². The predicted molar refractivity (Wildman–Crippen MR) is 213 cm³/mol. The third-order valence-corrected chi connectivity index (χ3v) is 12.8. The summed E-state index contributed by atoms with van der Waals surface area (Å²) in [6, 6.07) is -0.256. The highest BCUT2D eigenvalue weighted by Gasteiger charge is 2.54. The highest BCUT2D eigenvalue weighted by atomic mass is 16.7. The molecule has 328 valence electrons. The molecule has 3 aliphatic heterocycles. The van der Waals surface area contributed by atoms with E-state index in [1.54, 1.807) is 34.8 Å². The normalized spacial score (nSPS) is 47.4. The molecule has 0 aromatic rings. The minimum atomic E-state index is -1.85. The smallest absolute Gasteiger partial charge is 0.311 e. The first-order chi connectivity index (χ1) is 25.7. The van der Waals surface area contributed by atoms with Gasteiger partial charge in [0, 0.05) is 44.2 Å². The van der Waals surface area contributed by atoms with Gasteiger partial charge in [-0.3, -0.25) is 9.79 Å². The number of cyclic esters (lactones) is 1. The second kappa shape index (κ2) is 19.0. The number of aliphatic imine (C=N–C) groups is 1. The van der Waals surface area contributed by atoms with E-state index in [0.29, 0.717) is 18.6 Å². The largest absolute Gasteiger partial charge is 0.459 e. The van der Waals surface area contributed by atoms with Gasteiger partial charge in [0.1, 0.15) is 23.9 Å². The Balaban J connectivity index is 2.31. The molecule has 3 saturated heterocycles. The molecule has 0 amide bonds. The topological polar surface area (TPSA) is 178 Å². The fourth-order valence-corrected chi connectivity index (χ4v) is 9.19. The second-order valence-corrected chi connectivity index (χ2v) is 18.9. The van der Waals surface area contributed by atoms with E-state index in [9.17, 15) is 25.2 Å². The van der Waals surface area contributed by atoms with Crippen LogP contribution in [0.3, 0.4) is 0 Å². The Morgan fingerprint density at radius 2 is 1.46 bits per heavy atom. The molecule has 3 fully saturated rings. The van der Waals surface area contributed by atoms with Crippen LogP contribution in [0.5, 0.6) is 0 Å².